The summed E-state index contributed by atoms with van der Waals surface area (Å²) in [6.07, 6.45) is 2.21. The van der Waals surface area contributed by atoms with E-state index < -0.39 is 0 Å². The molecule has 1 unspecified atom stereocenters. The molecule has 0 saturated carbocycles. The lowest BCUT2D eigenvalue weighted by atomic mass is 10.1. The first kappa shape index (κ1) is 15.2. The molecule has 1 aromatic heterocycles. The van der Waals surface area contributed by atoms with Crippen molar-refractivity contribution >= 4 is 11.3 Å². The predicted molar refractivity (Wildman–Crippen MR) is 85.8 cm³/mol. The Morgan fingerprint density at radius 3 is 2.70 bits per heavy atom. The van der Waals surface area contributed by atoms with E-state index in [4.69, 9.17) is 0 Å². The van der Waals surface area contributed by atoms with Crippen LogP contribution in [-0.2, 0) is 0 Å². The van der Waals surface area contributed by atoms with Crippen LogP contribution in [0.2, 0.25) is 0 Å². The van der Waals surface area contributed by atoms with E-state index in [9.17, 15) is 4.39 Å². The van der Waals surface area contributed by atoms with Gasteiger partial charge < -0.3 is 5.32 Å². The predicted octanol–water partition coefficient (Wildman–Crippen LogP) is 5.31. The van der Waals surface area contributed by atoms with Crippen LogP contribution in [0.1, 0.15) is 43.2 Å². The molecular formula is C17H22FNS. The molecule has 0 spiro atoms. The van der Waals surface area contributed by atoms with E-state index in [1.165, 1.54) is 10.9 Å². The van der Waals surface area contributed by atoms with E-state index in [1.54, 1.807) is 17.4 Å². The summed E-state index contributed by atoms with van der Waals surface area (Å²) < 4.78 is 13.4. The number of benzene rings is 1. The van der Waals surface area contributed by atoms with E-state index in [1.807, 2.05) is 13.0 Å². The fraction of sp³-hybridized carbons (Fsp3) is 0.412. The normalized spacial score (nSPS) is 12.6. The van der Waals surface area contributed by atoms with Gasteiger partial charge in [0.05, 0.1) is 0 Å². The van der Waals surface area contributed by atoms with Gasteiger partial charge in [0.2, 0.25) is 0 Å². The Hall–Kier alpha value is -1.19. The van der Waals surface area contributed by atoms with Crippen molar-refractivity contribution in [3.05, 3.63) is 46.6 Å². The third kappa shape index (κ3) is 3.47. The molecule has 0 saturated heterocycles. The molecule has 20 heavy (non-hydrogen) atoms. The minimum atomic E-state index is -0.170. The molecule has 0 aliphatic rings. The first-order chi connectivity index (χ1) is 9.65. The summed E-state index contributed by atoms with van der Waals surface area (Å²) in [5.74, 6) is -0.170. The van der Waals surface area contributed by atoms with Crippen LogP contribution in [0.4, 0.5) is 4.39 Å². The van der Waals surface area contributed by atoms with Crippen molar-refractivity contribution in [2.75, 3.05) is 6.54 Å². The van der Waals surface area contributed by atoms with Gasteiger partial charge in [-0.1, -0.05) is 19.9 Å². The Morgan fingerprint density at radius 1 is 1.20 bits per heavy atom. The molecular weight excluding hydrogens is 269 g/mol. The Kier molecular flexibility index (Phi) is 5.32. The van der Waals surface area contributed by atoms with E-state index in [-0.39, 0.29) is 5.82 Å². The number of halogens is 1. The van der Waals surface area contributed by atoms with Gasteiger partial charge in [-0.15, -0.1) is 11.3 Å². The highest BCUT2D eigenvalue weighted by Crippen LogP contribution is 2.34. The fourth-order valence-electron chi connectivity index (χ4n) is 2.31. The van der Waals surface area contributed by atoms with Gasteiger partial charge in [-0.2, -0.15) is 0 Å². The van der Waals surface area contributed by atoms with Gasteiger partial charge in [0, 0.05) is 15.8 Å². The number of hydrogen-bond acceptors (Lipinski definition) is 2. The fourth-order valence-corrected chi connectivity index (χ4v) is 3.56. The zero-order valence-corrected chi connectivity index (χ0v) is 13.2. The number of thiophene rings is 1. The molecule has 0 radical (unpaired) electrons. The highest BCUT2D eigenvalue weighted by atomic mass is 32.1. The van der Waals surface area contributed by atoms with Crippen molar-refractivity contribution in [2.45, 2.75) is 39.7 Å². The van der Waals surface area contributed by atoms with Crippen LogP contribution in [0.15, 0.2) is 30.3 Å². The van der Waals surface area contributed by atoms with Crippen LogP contribution in [-0.4, -0.2) is 6.54 Å². The second-order valence-electron chi connectivity index (χ2n) is 5.08. The van der Waals surface area contributed by atoms with E-state index in [0.717, 1.165) is 35.4 Å². The summed E-state index contributed by atoms with van der Waals surface area (Å²) in [7, 11) is 0. The topological polar surface area (TPSA) is 12.0 Å². The van der Waals surface area contributed by atoms with Crippen LogP contribution in [0.3, 0.4) is 0 Å². The van der Waals surface area contributed by atoms with Gasteiger partial charge in [-0.25, -0.2) is 4.39 Å². The molecule has 0 fully saturated rings. The number of rotatable bonds is 6. The Labute approximate surface area is 124 Å². The maximum atomic E-state index is 13.4. The first-order valence-corrected chi connectivity index (χ1v) is 8.07. The van der Waals surface area contributed by atoms with Gasteiger partial charge in [0.25, 0.3) is 0 Å². The van der Waals surface area contributed by atoms with Crippen molar-refractivity contribution in [3.63, 3.8) is 0 Å². The molecule has 2 rings (SSSR count). The SMILES string of the molecule is CCCNC(CC)c1ccc(-c2cc(F)ccc2C)s1. The van der Waals surface area contributed by atoms with Crippen LogP contribution < -0.4 is 5.32 Å². The smallest absolute Gasteiger partial charge is 0.123 e. The van der Waals surface area contributed by atoms with Crippen LogP contribution >= 0.6 is 11.3 Å². The average molecular weight is 291 g/mol. The lowest BCUT2D eigenvalue weighted by Crippen LogP contribution is -2.20. The number of aryl methyl sites for hydroxylation is 1. The van der Waals surface area contributed by atoms with Gasteiger partial charge in [0.15, 0.2) is 0 Å². The lowest BCUT2D eigenvalue weighted by molar-refractivity contribution is 0.525. The van der Waals surface area contributed by atoms with Crippen molar-refractivity contribution in [1.82, 2.24) is 5.32 Å². The second-order valence-corrected chi connectivity index (χ2v) is 6.19. The van der Waals surface area contributed by atoms with Crippen LogP contribution in [0.5, 0.6) is 0 Å². The monoisotopic (exact) mass is 291 g/mol. The lowest BCUT2D eigenvalue weighted by Gasteiger charge is -2.14. The van der Waals surface area contributed by atoms with Crippen molar-refractivity contribution < 1.29 is 4.39 Å². The van der Waals surface area contributed by atoms with Gasteiger partial charge in [0.1, 0.15) is 5.82 Å². The molecule has 0 amide bonds. The van der Waals surface area contributed by atoms with Crippen molar-refractivity contribution in [2.24, 2.45) is 0 Å². The maximum absolute atomic E-state index is 13.4. The highest BCUT2D eigenvalue weighted by molar-refractivity contribution is 7.15. The molecule has 1 aromatic carbocycles. The molecule has 3 heteroatoms. The molecule has 0 bridgehead atoms. The van der Waals surface area contributed by atoms with Gasteiger partial charge in [-0.3, -0.25) is 0 Å². The van der Waals surface area contributed by atoms with Crippen LogP contribution in [0, 0.1) is 12.7 Å². The number of hydrogen-bond donors (Lipinski definition) is 1. The minimum Gasteiger partial charge on any atom is -0.309 e. The van der Waals surface area contributed by atoms with E-state index in [2.05, 4.69) is 31.3 Å². The Morgan fingerprint density at radius 2 is 2.00 bits per heavy atom. The summed E-state index contributed by atoms with van der Waals surface area (Å²) in [4.78, 5) is 2.48. The van der Waals surface area contributed by atoms with E-state index in [0.29, 0.717) is 6.04 Å². The maximum Gasteiger partial charge on any atom is 0.123 e. The summed E-state index contributed by atoms with van der Waals surface area (Å²) in [6.45, 7) is 7.43. The Bertz CT molecular complexity index is 562. The first-order valence-electron chi connectivity index (χ1n) is 7.25. The summed E-state index contributed by atoms with van der Waals surface area (Å²) in [5.41, 5.74) is 2.13. The third-order valence-electron chi connectivity index (χ3n) is 3.48. The standard InChI is InChI=1S/C17H22FNS/c1-4-10-19-15(5-2)17-9-8-16(20-17)14-11-13(18)7-6-12(14)3/h6-9,11,15,19H,4-5,10H2,1-3H3. The third-order valence-corrected chi connectivity index (χ3v) is 4.72. The molecule has 108 valence electrons. The quantitative estimate of drug-likeness (QED) is 0.760. The molecule has 1 N–H and O–H groups in total. The summed E-state index contributed by atoms with van der Waals surface area (Å²) in [5, 5.41) is 3.56. The highest BCUT2D eigenvalue weighted by Gasteiger charge is 2.13. The Balaban J connectivity index is 2.25. The average Bonchev–Trinajstić information content (AvgIpc) is 2.92. The van der Waals surface area contributed by atoms with Crippen molar-refractivity contribution in [3.8, 4) is 10.4 Å². The minimum absolute atomic E-state index is 0.170. The van der Waals surface area contributed by atoms with Gasteiger partial charge in [-0.05, 0) is 61.7 Å². The molecule has 1 atom stereocenters. The largest absolute Gasteiger partial charge is 0.309 e. The molecule has 2 aromatic rings. The van der Waals surface area contributed by atoms with Gasteiger partial charge >= 0.3 is 0 Å². The summed E-state index contributed by atoms with van der Waals surface area (Å²) in [6, 6.07) is 9.68. The zero-order chi connectivity index (χ0) is 14.5. The molecule has 0 aliphatic heterocycles. The number of nitrogens with one attached hydrogen (secondary N) is 1. The molecule has 1 nitrogen and oxygen atoms in total. The van der Waals surface area contributed by atoms with Crippen molar-refractivity contribution in [1.29, 1.82) is 0 Å². The molecule has 1 heterocycles. The molecule has 0 aliphatic carbocycles. The summed E-state index contributed by atoms with van der Waals surface area (Å²) >= 11 is 1.76. The zero-order valence-electron chi connectivity index (χ0n) is 12.4. The second kappa shape index (κ2) is 7.00. The van der Waals surface area contributed by atoms with E-state index >= 15 is 0 Å². The van der Waals surface area contributed by atoms with Crippen LogP contribution in [0.25, 0.3) is 10.4 Å².